The van der Waals surface area contributed by atoms with Gasteiger partial charge in [-0.25, -0.2) is 18.7 Å². The Balaban J connectivity index is 1.29. The van der Waals surface area contributed by atoms with Crippen molar-refractivity contribution in [1.82, 2.24) is 24.8 Å². The summed E-state index contributed by atoms with van der Waals surface area (Å²) in [6.45, 7) is 3.74. The van der Waals surface area contributed by atoms with Crippen LogP contribution in [0.25, 0.3) is 22.3 Å². The average molecular weight is 485 g/mol. The van der Waals surface area contributed by atoms with Crippen molar-refractivity contribution in [2.75, 3.05) is 50.8 Å². The molecule has 1 atom stereocenters. The van der Waals surface area contributed by atoms with E-state index < -0.39 is 6.43 Å². The Morgan fingerprint density at radius 3 is 2.63 bits per heavy atom. The highest BCUT2D eigenvalue weighted by molar-refractivity contribution is 5.84. The average Bonchev–Trinajstić information content (AvgIpc) is 3.44. The Morgan fingerprint density at radius 1 is 1.17 bits per heavy atom. The smallest absolute Gasteiger partial charge is 0.251 e. The number of anilines is 1. The number of pyridine rings is 1. The molecular weight excluding hydrogens is 454 g/mol. The lowest BCUT2D eigenvalue weighted by Crippen LogP contribution is -2.47. The van der Waals surface area contributed by atoms with Crippen LogP contribution in [0.1, 0.15) is 12.8 Å². The second-order valence-electron chi connectivity index (χ2n) is 9.27. The van der Waals surface area contributed by atoms with Gasteiger partial charge < -0.3 is 19.5 Å². The fourth-order valence-corrected chi connectivity index (χ4v) is 4.80. The van der Waals surface area contributed by atoms with Gasteiger partial charge in [0.2, 0.25) is 11.8 Å². The molecule has 5 rings (SSSR count). The zero-order valence-electron chi connectivity index (χ0n) is 19.8. The molecule has 8 nitrogen and oxygen atoms in total. The molecule has 3 aromatic rings. The number of carbonyl (C=O) groups excluding carboxylic acids is 1. The quantitative estimate of drug-likeness (QED) is 0.530. The van der Waals surface area contributed by atoms with Crippen molar-refractivity contribution < 1.29 is 18.3 Å². The highest BCUT2D eigenvalue weighted by Gasteiger charge is 2.22. The zero-order valence-corrected chi connectivity index (χ0v) is 19.8. The number of halogens is 2. The normalized spacial score (nSPS) is 19.0. The Bertz CT molecular complexity index is 1170. The molecule has 2 aliphatic rings. The first-order valence-electron chi connectivity index (χ1n) is 12.0. The van der Waals surface area contributed by atoms with E-state index in [1.807, 2.05) is 46.8 Å². The summed E-state index contributed by atoms with van der Waals surface area (Å²) in [4.78, 5) is 24.8. The predicted molar refractivity (Wildman–Crippen MR) is 130 cm³/mol. The van der Waals surface area contributed by atoms with Gasteiger partial charge in [0.1, 0.15) is 5.52 Å². The molecule has 1 aromatic carbocycles. The van der Waals surface area contributed by atoms with Gasteiger partial charge in [-0.2, -0.15) is 0 Å². The first kappa shape index (κ1) is 23.5. The third-order valence-electron chi connectivity index (χ3n) is 6.79. The lowest BCUT2D eigenvalue weighted by atomic mass is 10.1. The number of aromatic nitrogens is 3. The number of fused-ring (bicyclic) bond motifs is 1. The first-order chi connectivity index (χ1) is 17.0. The first-order valence-corrected chi connectivity index (χ1v) is 12.0. The molecule has 0 radical (unpaired) electrons. The lowest BCUT2D eigenvalue weighted by molar-refractivity contribution is -0.119. The van der Waals surface area contributed by atoms with Gasteiger partial charge in [-0.05, 0) is 30.5 Å². The summed E-state index contributed by atoms with van der Waals surface area (Å²) in [5, 5.41) is 2.86. The standard InChI is InChI=1S/C25H30F2N6O2/c1-31-16-29-21-13-20(30-25(24(21)31)35-11-6-17-12-23(34)28-14-17)18-2-4-19(5-3-18)33-9-7-32(8-10-33)15-22(26)27/h2-5,13,16-17,22H,6-12,14-15H2,1H3,(H,28,34)/t17-/m1/s1. The van der Waals surface area contributed by atoms with Gasteiger partial charge in [0.05, 0.1) is 30.7 Å². The topological polar surface area (TPSA) is 75.5 Å². The van der Waals surface area contributed by atoms with Crippen LogP contribution in [0.2, 0.25) is 0 Å². The minimum Gasteiger partial charge on any atom is -0.476 e. The van der Waals surface area contributed by atoms with E-state index in [-0.39, 0.29) is 18.4 Å². The number of rotatable bonds is 8. The van der Waals surface area contributed by atoms with Gasteiger partial charge >= 0.3 is 0 Å². The molecule has 10 heteroatoms. The van der Waals surface area contributed by atoms with E-state index in [4.69, 9.17) is 9.72 Å². The van der Waals surface area contributed by atoms with Crippen molar-refractivity contribution in [1.29, 1.82) is 0 Å². The monoisotopic (exact) mass is 484 g/mol. The summed E-state index contributed by atoms with van der Waals surface area (Å²) in [6.07, 6.45) is 0.788. The molecule has 0 bridgehead atoms. The predicted octanol–water partition coefficient (Wildman–Crippen LogP) is 2.93. The number of alkyl halides is 2. The molecule has 2 fully saturated rings. The maximum Gasteiger partial charge on any atom is 0.251 e. The highest BCUT2D eigenvalue weighted by atomic mass is 19.3. The van der Waals surface area contributed by atoms with Crippen molar-refractivity contribution in [3.8, 4) is 17.1 Å². The van der Waals surface area contributed by atoms with Crippen LogP contribution in [0.4, 0.5) is 14.5 Å². The largest absolute Gasteiger partial charge is 0.476 e. The Kier molecular flexibility index (Phi) is 6.81. The van der Waals surface area contributed by atoms with Crippen molar-refractivity contribution in [2.24, 2.45) is 13.0 Å². The van der Waals surface area contributed by atoms with E-state index in [0.29, 0.717) is 38.5 Å². The number of ether oxygens (including phenoxy) is 1. The number of hydrogen-bond acceptors (Lipinski definition) is 6. The fourth-order valence-electron chi connectivity index (χ4n) is 4.80. The van der Waals surface area contributed by atoms with E-state index in [9.17, 15) is 13.6 Å². The number of nitrogens with zero attached hydrogens (tertiary/aromatic N) is 5. The molecule has 0 spiro atoms. The number of amides is 1. The number of aryl methyl sites for hydroxylation is 1. The number of hydrogen-bond donors (Lipinski definition) is 1. The summed E-state index contributed by atoms with van der Waals surface area (Å²) >= 11 is 0. The molecule has 1 amide bonds. The van der Waals surface area contributed by atoms with E-state index in [1.165, 1.54) is 0 Å². The van der Waals surface area contributed by atoms with Gasteiger partial charge in [0, 0.05) is 57.4 Å². The van der Waals surface area contributed by atoms with Crippen molar-refractivity contribution in [2.45, 2.75) is 19.3 Å². The van der Waals surface area contributed by atoms with Crippen LogP contribution >= 0.6 is 0 Å². The molecule has 4 heterocycles. The van der Waals surface area contributed by atoms with Gasteiger partial charge in [-0.1, -0.05) is 12.1 Å². The molecule has 2 saturated heterocycles. The maximum atomic E-state index is 12.6. The number of nitrogens with one attached hydrogen (secondary N) is 1. The third-order valence-corrected chi connectivity index (χ3v) is 6.79. The maximum absolute atomic E-state index is 12.6. The van der Waals surface area contributed by atoms with Crippen LogP contribution in [0, 0.1) is 5.92 Å². The van der Waals surface area contributed by atoms with Crippen molar-refractivity contribution in [3.05, 3.63) is 36.7 Å². The molecule has 2 aliphatic heterocycles. The van der Waals surface area contributed by atoms with Crippen LogP contribution in [-0.4, -0.2) is 77.6 Å². The van der Waals surface area contributed by atoms with Crippen LogP contribution in [0.3, 0.4) is 0 Å². The Labute approximate surface area is 202 Å². The molecule has 0 saturated carbocycles. The van der Waals surface area contributed by atoms with Gasteiger partial charge in [0.15, 0.2) is 0 Å². The number of imidazole rings is 1. The van der Waals surface area contributed by atoms with E-state index in [2.05, 4.69) is 15.2 Å². The SMILES string of the molecule is Cn1cnc2cc(-c3ccc(N4CCN(CC(F)F)CC4)cc3)nc(OCC[C@H]3CNC(=O)C3)c21. The minimum atomic E-state index is -2.29. The summed E-state index contributed by atoms with van der Waals surface area (Å²) in [5.41, 5.74) is 4.45. The zero-order chi connectivity index (χ0) is 24.4. The second kappa shape index (κ2) is 10.2. The molecule has 35 heavy (non-hydrogen) atoms. The molecular formula is C25H30F2N6O2. The van der Waals surface area contributed by atoms with E-state index in [1.54, 1.807) is 6.33 Å². The molecule has 2 aromatic heterocycles. The highest BCUT2D eigenvalue weighted by Crippen LogP contribution is 2.30. The van der Waals surface area contributed by atoms with Crippen LogP contribution in [0.15, 0.2) is 36.7 Å². The molecule has 0 aliphatic carbocycles. The minimum absolute atomic E-state index is 0.0997. The second-order valence-corrected chi connectivity index (χ2v) is 9.27. The van der Waals surface area contributed by atoms with Crippen molar-refractivity contribution in [3.63, 3.8) is 0 Å². The van der Waals surface area contributed by atoms with Gasteiger partial charge in [-0.3, -0.25) is 9.69 Å². The Hall–Kier alpha value is -3.27. The number of carbonyl (C=O) groups is 1. The van der Waals surface area contributed by atoms with Crippen LogP contribution in [-0.2, 0) is 11.8 Å². The molecule has 1 N–H and O–H groups in total. The summed E-state index contributed by atoms with van der Waals surface area (Å²) in [5.74, 6) is 0.925. The summed E-state index contributed by atoms with van der Waals surface area (Å²) in [7, 11) is 1.92. The lowest BCUT2D eigenvalue weighted by Gasteiger charge is -2.35. The number of piperazine rings is 1. The summed E-state index contributed by atoms with van der Waals surface area (Å²) in [6, 6.07) is 10.1. The van der Waals surface area contributed by atoms with Crippen molar-refractivity contribution >= 4 is 22.6 Å². The van der Waals surface area contributed by atoms with E-state index >= 15 is 0 Å². The number of benzene rings is 1. The molecule has 186 valence electrons. The van der Waals surface area contributed by atoms with E-state index in [0.717, 1.165) is 47.5 Å². The fraction of sp³-hybridized carbons (Fsp3) is 0.480. The van der Waals surface area contributed by atoms with Crippen LogP contribution in [0.5, 0.6) is 5.88 Å². The molecule has 0 unspecified atom stereocenters. The van der Waals surface area contributed by atoms with Gasteiger partial charge in [-0.15, -0.1) is 0 Å². The van der Waals surface area contributed by atoms with Gasteiger partial charge in [0.25, 0.3) is 6.43 Å². The Morgan fingerprint density at radius 2 is 1.94 bits per heavy atom. The van der Waals surface area contributed by atoms with Crippen LogP contribution < -0.4 is 15.0 Å². The third kappa shape index (κ3) is 5.37. The summed E-state index contributed by atoms with van der Waals surface area (Å²) < 4.78 is 33.3.